The third-order valence-corrected chi connectivity index (χ3v) is 7.32. The van der Waals surface area contributed by atoms with E-state index in [1.54, 1.807) is 12.1 Å². The number of esters is 2. The summed E-state index contributed by atoms with van der Waals surface area (Å²) >= 11 is 0. The zero-order chi connectivity index (χ0) is 29.0. The molecule has 1 unspecified atom stereocenters. The molecular formula is C32H37N3O5. The van der Waals surface area contributed by atoms with Gasteiger partial charge < -0.3 is 24.6 Å². The molecule has 0 saturated carbocycles. The molecule has 0 radical (unpaired) electrons. The van der Waals surface area contributed by atoms with Gasteiger partial charge in [0, 0.05) is 74.2 Å². The SMILES string of the molecule is CCN(CC)c1ccc(C2(c3ccc(N(CC)CC)cc3OC(C)=O)OC(=O)c3ccccc32)c(NC(C)=O)c1. The molecule has 1 heterocycles. The third-order valence-electron chi connectivity index (χ3n) is 7.32. The average molecular weight is 544 g/mol. The highest BCUT2D eigenvalue weighted by atomic mass is 16.6. The number of hydrogen-bond acceptors (Lipinski definition) is 7. The molecule has 0 aromatic heterocycles. The van der Waals surface area contributed by atoms with E-state index in [-0.39, 0.29) is 11.7 Å². The van der Waals surface area contributed by atoms with Gasteiger partial charge in [-0.2, -0.15) is 0 Å². The van der Waals surface area contributed by atoms with Crippen molar-refractivity contribution in [1.29, 1.82) is 0 Å². The van der Waals surface area contributed by atoms with Crippen LogP contribution in [0, 0.1) is 0 Å². The van der Waals surface area contributed by atoms with Crippen LogP contribution in [-0.4, -0.2) is 44.0 Å². The molecule has 0 spiro atoms. The molecule has 1 N–H and O–H groups in total. The first-order valence-electron chi connectivity index (χ1n) is 13.8. The Morgan fingerprint density at radius 1 is 0.800 bits per heavy atom. The monoisotopic (exact) mass is 543 g/mol. The minimum absolute atomic E-state index is 0.261. The van der Waals surface area contributed by atoms with Gasteiger partial charge in [-0.15, -0.1) is 0 Å². The summed E-state index contributed by atoms with van der Waals surface area (Å²) in [5.41, 5.74) is 2.86. The van der Waals surface area contributed by atoms with Gasteiger partial charge in [0.2, 0.25) is 5.91 Å². The summed E-state index contributed by atoms with van der Waals surface area (Å²) in [6, 6.07) is 18.5. The molecule has 0 saturated heterocycles. The van der Waals surface area contributed by atoms with Gasteiger partial charge in [0.1, 0.15) is 5.75 Å². The molecule has 1 aliphatic rings. The van der Waals surface area contributed by atoms with Crippen LogP contribution >= 0.6 is 0 Å². The van der Waals surface area contributed by atoms with E-state index in [0.29, 0.717) is 27.9 Å². The van der Waals surface area contributed by atoms with Crippen molar-refractivity contribution in [3.8, 4) is 5.75 Å². The second-order valence-corrected chi connectivity index (χ2v) is 9.65. The Morgan fingerprint density at radius 2 is 1.38 bits per heavy atom. The number of nitrogens with one attached hydrogen (secondary N) is 1. The van der Waals surface area contributed by atoms with Crippen molar-refractivity contribution in [2.45, 2.75) is 47.1 Å². The van der Waals surface area contributed by atoms with Crippen LogP contribution in [-0.2, 0) is 19.9 Å². The van der Waals surface area contributed by atoms with E-state index in [2.05, 4.69) is 42.8 Å². The number of rotatable bonds is 10. The van der Waals surface area contributed by atoms with Crippen molar-refractivity contribution in [3.05, 3.63) is 82.9 Å². The predicted molar refractivity (Wildman–Crippen MR) is 157 cm³/mol. The summed E-state index contributed by atoms with van der Waals surface area (Å²) in [6.07, 6.45) is 0. The smallest absolute Gasteiger partial charge is 0.340 e. The predicted octanol–water partition coefficient (Wildman–Crippen LogP) is 5.73. The topological polar surface area (TPSA) is 88.2 Å². The van der Waals surface area contributed by atoms with E-state index in [0.717, 1.165) is 37.6 Å². The molecule has 4 rings (SSSR count). The number of nitrogens with zero attached hydrogens (tertiary/aromatic N) is 2. The first-order chi connectivity index (χ1) is 19.2. The molecule has 1 aliphatic heterocycles. The summed E-state index contributed by atoms with van der Waals surface area (Å²) < 4.78 is 12.1. The van der Waals surface area contributed by atoms with Crippen LogP contribution in [0.15, 0.2) is 60.7 Å². The van der Waals surface area contributed by atoms with Gasteiger partial charge in [-0.1, -0.05) is 24.3 Å². The van der Waals surface area contributed by atoms with Crippen LogP contribution < -0.4 is 19.9 Å². The number of ether oxygens (including phenoxy) is 2. The zero-order valence-corrected chi connectivity index (χ0v) is 24.0. The summed E-state index contributed by atoms with van der Waals surface area (Å²) in [7, 11) is 0. The first kappa shape index (κ1) is 28.7. The quantitative estimate of drug-likeness (QED) is 0.258. The van der Waals surface area contributed by atoms with E-state index in [1.807, 2.05) is 48.5 Å². The van der Waals surface area contributed by atoms with E-state index in [1.165, 1.54) is 13.8 Å². The van der Waals surface area contributed by atoms with E-state index in [4.69, 9.17) is 9.47 Å². The Hall–Kier alpha value is -4.33. The lowest BCUT2D eigenvalue weighted by Gasteiger charge is -2.34. The largest absolute Gasteiger partial charge is 0.440 e. The Kier molecular flexibility index (Phi) is 8.47. The number of amides is 1. The standard InChI is InChI=1S/C32H37N3O5/c1-7-34(8-2)23-15-17-27(29(19-23)33-21(5)36)32(26-14-12-11-13-25(26)31(38)40-32)28-18-16-24(35(9-3)10-4)20-30(28)39-22(6)37/h11-20H,7-10H2,1-6H3,(H,33,36). The van der Waals surface area contributed by atoms with E-state index in [9.17, 15) is 14.4 Å². The number of benzene rings is 3. The number of carbonyl (C=O) groups is 3. The molecule has 1 atom stereocenters. The lowest BCUT2D eigenvalue weighted by Crippen LogP contribution is -2.32. The maximum absolute atomic E-state index is 13.4. The Bertz CT molecular complexity index is 1350. The van der Waals surface area contributed by atoms with Crippen molar-refractivity contribution >= 4 is 34.9 Å². The molecule has 0 aliphatic carbocycles. The van der Waals surface area contributed by atoms with Crippen LogP contribution in [0.4, 0.5) is 17.1 Å². The van der Waals surface area contributed by atoms with Crippen molar-refractivity contribution < 1.29 is 23.9 Å². The first-order valence-corrected chi connectivity index (χ1v) is 13.8. The van der Waals surface area contributed by atoms with Gasteiger partial charge in [0.15, 0.2) is 5.60 Å². The van der Waals surface area contributed by atoms with Gasteiger partial charge in [-0.3, -0.25) is 9.59 Å². The van der Waals surface area contributed by atoms with Crippen LogP contribution in [0.5, 0.6) is 5.75 Å². The number of fused-ring (bicyclic) bond motifs is 1. The van der Waals surface area contributed by atoms with Crippen molar-refractivity contribution in [3.63, 3.8) is 0 Å². The lowest BCUT2D eigenvalue weighted by molar-refractivity contribution is -0.132. The number of cyclic esters (lactones) is 1. The van der Waals surface area contributed by atoms with Gasteiger partial charge in [-0.25, -0.2) is 4.79 Å². The molecule has 3 aromatic rings. The number of anilines is 3. The molecule has 40 heavy (non-hydrogen) atoms. The Morgan fingerprint density at radius 3 is 1.95 bits per heavy atom. The van der Waals surface area contributed by atoms with E-state index >= 15 is 0 Å². The van der Waals surface area contributed by atoms with Crippen LogP contribution in [0.1, 0.15) is 68.6 Å². The lowest BCUT2D eigenvalue weighted by atomic mass is 9.78. The average Bonchev–Trinajstić information content (AvgIpc) is 3.22. The highest BCUT2D eigenvalue weighted by Crippen LogP contribution is 2.52. The Balaban J connectivity index is 2.09. The Labute approximate surface area is 235 Å². The molecule has 0 fully saturated rings. The zero-order valence-electron chi connectivity index (χ0n) is 24.0. The van der Waals surface area contributed by atoms with Gasteiger partial charge in [-0.05, 0) is 58.0 Å². The highest BCUT2D eigenvalue weighted by molar-refractivity contribution is 5.98. The van der Waals surface area contributed by atoms with E-state index < -0.39 is 17.5 Å². The maximum Gasteiger partial charge on any atom is 0.340 e. The summed E-state index contributed by atoms with van der Waals surface area (Å²) in [5.74, 6) is -0.978. The molecule has 8 heteroatoms. The molecule has 0 bridgehead atoms. The van der Waals surface area contributed by atoms with Crippen molar-refractivity contribution in [2.75, 3.05) is 41.3 Å². The number of carbonyl (C=O) groups excluding carboxylic acids is 3. The number of hydrogen-bond donors (Lipinski definition) is 1. The third kappa shape index (κ3) is 5.13. The van der Waals surface area contributed by atoms with Crippen molar-refractivity contribution in [2.24, 2.45) is 0 Å². The van der Waals surface area contributed by atoms with Gasteiger partial charge >= 0.3 is 11.9 Å². The normalized spacial score (nSPS) is 15.7. The summed E-state index contributed by atoms with van der Waals surface area (Å²) in [4.78, 5) is 42.5. The van der Waals surface area contributed by atoms with Crippen molar-refractivity contribution in [1.82, 2.24) is 0 Å². The van der Waals surface area contributed by atoms with Crippen LogP contribution in [0.3, 0.4) is 0 Å². The minimum atomic E-state index is -1.49. The maximum atomic E-state index is 13.4. The van der Waals surface area contributed by atoms with Crippen LogP contribution in [0.2, 0.25) is 0 Å². The molecule has 1 amide bonds. The molecular weight excluding hydrogens is 506 g/mol. The van der Waals surface area contributed by atoms with Crippen LogP contribution in [0.25, 0.3) is 0 Å². The molecule has 8 nitrogen and oxygen atoms in total. The summed E-state index contributed by atoms with van der Waals surface area (Å²) in [6.45, 7) is 14.1. The van der Waals surface area contributed by atoms with Gasteiger partial charge in [0.25, 0.3) is 0 Å². The molecule has 210 valence electrons. The fourth-order valence-electron chi connectivity index (χ4n) is 5.51. The summed E-state index contributed by atoms with van der Waals surface area (Å²) in [5, 5.41) is 2.97. The second-order valence-electron chi connectivity index (χ2n) is 9.65. The second kappa shape index (κ2) is 11.8. The highest BCUT2D eigenvalue weighted by Gasteiger charge is 2.51. The van der Waals surface area contributed by atoms with Gasteiger partial charge in [0.05, 0.1) is 11.3 Å². The minimum Gasteiger partial charge on any atom is -0.440 e. The fourth-order valence-corrected chi connectivity index (χ4v) is 5.51. The fraction of sp³-hybridized carbons (Fsp3) is 0.344. The molecule has 3 aromatic carbocycles.